The van der Waals surface area contributed by atoms with Gasteiger partial charge in [-0.2, -0.15) is 0 Å². The Morgan fingerprint density at radius 1 is 1.31 bits per heavy atom. The number of hydrogen-bond acceptors (Lipinski definition) is 6. The molecule has 1 aliphatic rings. The number of carbonyl (C=O) groups excluding carboxylic acids is 2. The summed E-state index contributed by atoms with van der Waals surface area (Å²) in [5, 5.41) is 11.6. The van der Waals surface area contributed by atoms with E-state index in [0.29, 0.717) is 0 Å². The molecule has 0 aromatic carbocycles. The van der Waals surface area contributed by atoms with Crippen molar-refractivity contribution < 1.29 is 29.0 Å². The number of ether oxygens (including phenoxy) is 2. The summed E-state index contributed by atoms with van der Waals surface area (Å²) >= 11 is 0. The Hall–Kier alpha value is -1.63. The molecule has 7 heteroatoms. The van der Waals surface area contributed by atoms with Crippen LogP contribution < -0.4 is 5.32 Å². The zero-order valence-corrected chi connectivity index (χ0v) is 8.98. The average molecular weight is 231 g/mol. The maximum atomic E-state index is 11.5. The number of nitrogens with one attached hydrogen (secondary N) is 1. The molecular formula is C9H13NO6. The number of rotatable bonds is 3. The number of carbonyl (C=O) groups is 3. The number of methoxy groups -OCH3 is 2. The van der Waals surface area contributed by atoms with Crippen molar-refractivity contribution in [3.8, 4) is 0 Å². The maximum Gasteiger partial charge on any atom is 0.338 e. The molecule has 0 aromatic rings. The fourth-order valence-corrected chi connectivity index (χ4v) is 1.88. The zero-order chi connectivity index (χ0) is 12.3. The summed E-state index contributed by atoms with van der Waals surface area (Å²) in [7, 11) is 2.21. The molecule has 7 nitrogen and oxygen atoms in total. The Kier molecular flexibility index (Phi) is 3.48. The number of esters is 2. The number of carboxylic acid groups (broad SMARTS) is 1. The van der Waals surface area contributed by atoms with E-state index >= 15 is 0 Å². The molecule has 16 heavy (non-hydrogen) atoms. The highest BCUT2D eigenvalue weighted by Crippen LogP contribution is 2.29. The highest BCUT2D eigenvalue weighted by atomic mass is 16.5. The molecular weight excluding hydrogens is 218 g/mol. The van der Waals surface area contributed by atoms with Gasteiger partial charge in [0.2, 0.25) is 5.54 Å². The van der Waals surface area contributed by atoms with E-state index in [1.54, 1.807) is 0 Å². The van der Waals surface area contributed by atoms with Crippen molar-refractivity contribution >= 4 is 17.9 Å². The predicted octanol–water partition coefficient (Wildman–Crippen LogP) is -1.23. The molecule has 1 fully saturated rings. The summed E-state index contributed by atoms with van der Waals surface area (Å²) in [6, 6.07) is 0. The van der Waals surface area contributed by atoms with Gasteiger partial charge < -0.3 is 14.6 Å². The van der Waals surface area contributed by atoms with Gasteiger partial charge in [-0.3, -0.25) is 10.1 Å². The Bertz CT molecular complexity index is 328. The number of aliphatic carboxylic acids is 1. The van der Waals surface area contributed by atoms with Crippen molar-refractivity contribution in [2.75, 3.05) is 20.8 Å². The first-order valence-electron chi connectivity index (χ1n) is 4.65. The third kappa shape index (κ3) is 1.63. The third-order valence-corrected chi connectivity index (χ3v) is 2.69. The summed E-state index contributed by atoms with van der Waals surface area (Å²) < 4.78 is 8.92. The lowest BCUT2D eigenvalue weighted by Gasteiger charge is -2.26. The summed E-state index contributed by atoms with van der Waals surface area (Å²) in [5.41, 5.74) is -2.03. The SMILES string of the molecule is COC(=O)C1CCNC1(C(=O)O)C(=O)OC. The van der Waals surface area contributed by atoms with Crippen LogP contribution in [0.4, 0.5) is 0 Å². The van der Waals surface area contributed by atoms with Gasteiger partial charge in [-0.1, -0.05) is 0 Å². The van der Waals surface area contributed by atoms with Gasteiger partial charge in [0.05, 0.1) is 20.1 Å². The van der Waals surface area contributed by atoms with Gasteiger partial charge in [0.15, 0.2) is 0 Å². The normalized spacial score (nSPS) is 28.5. The van der Waals surface area contributed by atoms with Crippen molar-refractivity contribution in [3.05, 3.63) is 0 Å². The molecule has 90 valence electrons. The monoisotopic (exact) mass is 231 g/mol. The molecule has 1 aliphatic heterocycles. The average Bonchev–Trinajstić information content (AvgIpc) is 2.72. The van der Waals surface area contributed by atoms with Gasteiger partial charge in [0.25, 0.3) is 0 Å². The van der Waals surface area contributed by atoms with E-state index in [4.69, 9.17) is 5.11 Å². The lowest BCUT2D eigenvalue weighted by molar-refractivity contribution is -0.169. The lowest BCUT2D eigenvalue weighted by Crippen LogP contribution is -2.60. The van der Waals surface area contributed by atoms with E-state index in [1.165, 1.54) is 0 Å². The first-order valence-corrected chi connectivity index (χ1v) is 4.65. The first-order chi connectivity index (χ1) is 7.50. The van der Waals surface area contributed by atoms with Crippen molar-refractivity contribution in [2.45, 2.75) is 12.0 Å². The highest BCUT2D eigenvalue weighted by molar-refractivity contribution is 6.08. The van der Waals surface area contributed by atoms with Crippen LogP contribution in [0.3, 0.4) is 0 Å². The van der Waals surface area contributed by atoms with Crippen LogP contribution in [0, 0.1) is 5.92 Å². The quantitative estimate of drug-likeness (QED) is 0.463. The van der Waals surface area contributed by atoms with Gasteiger partial charge in [0, 0.05) is 0 Å². The highest BCUT2D eigenvalue weighted by Gasteiger charge is 2.60. The van der Waals surface area contributed by atoms with E-state index in [-0.39, 0.29) is 13.0 Å². The number of hydrogen-bond donors (Lipinski definition) is 2. The minimum absolute atomic E-state index is 0.216. The Labute approximate surface area is 91.7 Å². The molecule has 0 aromatic heterocycles. The molecule has 2 N–H and O–H groups in total. The van der Waals surface area contributed by atoms with E-state index in [2.05, 4.69) is 14.8 Å². The Balaban J connectivity index is 3.13. The molecule has 0 bridgehead atoms. The predicted molar refractivity (Wildman–Crippen MR) is 50.5 cm³/mol. The van der Waals surface area contributed by atoms with Crippen molar-refractivity contribution in [3.63, 3.8) is 0 Å². The van der Waals surface area contributed by atoms with Crippen LogP contribution in [0.5, 0.6) is 0 Å². The minimum Gasteiger partial charge on any atom is -0.479 e. The zero-order valence-electron chi connectivity index (χ0n) is 8.98. The second-order valence-corrected chi connectivity index (χ2v) is 3.40. The van der Waals surface area contributed by atoms with E-state index < -0.39 is 29.4 Å². The fourth-order valence-electron chi connectivity index (χ4n) is 1.88. The first kappa shape index (κ1) is 12.4. The second-order valence-electron chi connectivity index (χ2n) is 3.40. The molecule has 0 aliphatic carbocycles. The molecule has 2 atom stereocenters. The van der Waals surface area contributed by atoms with Gasteiger partial charge in [-0.15, -0.1) is 0 Å². The topological polar surface area (TPSA) is 102 Å². The largest absolute Gasteiger partial charge is 0.479 e. The summed E-state index contributed by atoms with van der Waals surface area (Å²) in [6.45, 7) is 0.237. The lowest BCUT2D eigenvalue weighted by atomic mass is 9.85. The molecule has 2 unspecified atom stereocenters. The van der Waals surface area contributed by atoms with Crippen LogP contribution in [-0.2, 0) is 23.9 Å². The van der Waals surface area contributed by atoms with Gasteiger partial charge in [-0.25, -0.2) is 9.59 Å². The summed E-state index contributed by atoms with van der Waals surface area (Å²) in [5.74, 6) is -4.24. The van der Waals surface area contributed by atoms with Crippen LogP contribution in [-0.4, -0.2) is 49.3 Å². The Morgan fingerprint density at radius 2 is 1.94 bits per heavy atom. The fraction of sp³-hybridized carbons (Fsp3) is 0.667. The molecule has 0 saturated carbocycles. The summed E-state index contributed by atoms with van der Waals surface area (Å²) in [4.78, 5) is 34.1. The molecule has 0 spiro atoms. The van der Waals surface area contributed by atoms with Crippen molar-refractivity contribution in [2.24, 2.45) is 5.92 Å². The Morgan fingerprint density at radius 3 is 2.38 bits per heavy atom. The second kappa shape index (κ2) is 4.48. The van der Waals surface area contributed by atoms with Gasteiger partial charge in [-0.05, 0) is 13.0 Å². The molecule has 0 radical (unpaired) electrons. The van der Waals surface area contributed by atoms with Gasteiger partial charge >= 0.3 is 17.9 Å². The molecule has 1 heterocycles. The summed E-state index contributed by atoms with van der Waals surface area (Å²) in [6.07, 6.45) is 0.216. The van der Waals surface area contributed by atoms with Crippen LogP contribution in [0.25, 0.3) is 0 Å². The van der Waals surface area contributed by atoms with E-state index in [9.17, 15) is 14.4 Å². The van der Waals surface area contributed by atoms with Crippen LogP contribution in [0.15, 0.2) is 0 Å². The van der Waals surface area contributed by atoms with Crippen LogP contribution >= 0.6 is 0 Å². The van der Waals surface area contributed by atoms with Crippen molar-refractivity contribution in [1.29, 1.82) is 0 Å². The van der Waals surface area contributed by atoms with Crippen LogP contribution in [0.2, 0.25) is 0 Å². The third-order valence-electron chi connectivity index (χ3n) is 2.69. The van der Waals surface area contributed by atoms with Crippen LogP contribution in [0.1, 0.15) is 6.42 Å². The standard InChI is InChI=1S/C9H13NO6/c1-15-6(11)5-3-4-10-9(5,7(12)13)8(14)16-2/h5,10H,3-4H2,1-2H3,(H,12,13). The van der Waals surface area contributed by atoms with E-state index in [1.807, 2.05) is 0 Å². The maximum absolute atomic E-state index is 11.5. The minimum atomic E-state index is -2.03. The molecule has 0 amide bonds. The van der Waals surface area contributed by atoms with E-state index in [0.717, 1.165) is 14.2 Å². The van der Waals surface area contributed by atoms with Gasteiger partial charge in [0.1, 0.15) is 0 Å². The molecule has 1 saturated heterocycles. The number of carboxylic acids is 1. The smallest absolute Gasteiger partial charge is 0.338 e. The van der Waals surface area contributed by atoms with Crippen molar-refractivity contribution in [1.82, 2.24) is 5.32 Å². The molecule has 1 rings (SSSR count).